The molecule has 2 N–H and O–H groups in total. The molecule has 0 spiro atoms. The maximum Gasteiger partial charge on any atom is 0.708 e. The Labute approximate surface area is 394 Å². The SMILES string of the molecule is CCCCCCc1ccc(-c2ccc(-c3ccc(CCCCC)cc3)c(F)c2)s1.CCCCCCc1ccc(OB(O)O)s1.CCCCCc1ccc(-c2ccc(Br)cc2F)cc1. The third kappa shape index (κ3) is 19.2. The van der Waals surface area contributed by atoms with Gasteiger partial charge in [-0.05, 0) is 122 Å². The van der Waals surface area contributed by atoms with Gasteiger partial charge in [-0.2, -0.15) is 0 Å². The molecule has 338 valence electrons. The second-order valence-corrected chi connectivity index (χ2v) is 19.4. The molecule has 9 heteroatoms. The minimum Gasteiger partial charge on any atom is -0.504 e. The second kappa shape index (κ2) is 29.8. The summed E-state index contributed by atoms with van der Waals surface area (Å²) in [5.41, 5.74) is 6.88. The van der Waals surface area contributed by atoms with Gasteiger partial charge in [0.15, 0.2) is 5.06 Å². The van der Waals surface area contributed by atoms with Crippen molar-refractivity contribution in [1.82, 2.24) is 0 Å². The first kappa shape index (κ1) is 52.0. The number of unbranched alkanes of at least 4 members (excludes halogenated alkanes) is 10. The van der Waals surface area contributed by atoms with E-state index >= 15 is 0 Å². The predicted octanol–water partition coefficient (Wildman–Crippen LogP) is 17.3. The minimum absolute atomic E-state index is 0.140. The van der Waals surface area contributed by atoms with Crippen LogP contribution in [0.2, 0.25) is 0 Å². The van der Waals surface area contributed by atoms with Crippen molar-refractivity contribution in [3.63, 3.8) is 0 Å². The summed E-state index contributed by atoms with van der Waals surface area (Å²) in [7, 11) is -1.71. The Morgan fingerprint density at radius 1 is 0.476 bits per heavy atom. The van der Waals surface area contributed by atoms with Crippen LogP contribution >= 0.6 is 38.6 Å². The van der Waals surface area contributed by atoms with Crippen LogP contribution in [0.3, 0.4) is 0 Å². The smallest absolute Gasteiger partial charge is 0.504 e. The van der Waals surface area contributed by atoms with Crippen molar-refractivity contribution < 1.29 is 23.5 Å². The zero-order valence-electron chi connectivity index (χ0n) is 38.0. The molecule has 63 heavy (non-hydrogen) atoms. The predicted molar refractivity (Wildman–Crippen MR) is 272 cm³/mol. The zero-order chi connectivity index (χ0) is 45.2. The lowest BCUT2D eigenvalue weighted by Gasteiger charge is -2.07. The molecule has 0 radical (unpaired) electrons. The molecule has 0 aliphatic carbocycles. The van der Waals surface area contributed by atoms with Crippen molar-refractivity contribution in [2.45, 2.75) is 143 Å². The first-order chi connectivity index (χ1) is 30.6. The van der Waals surface area contributed by atoms with Crippen molar-refractivity contribution in [1.29, 1.82) is 0 Å². The summed E-state index contributed by atoms with van der Waals surface area (Å²) in [6, 6.07) is 35.6. The highest BCUT2D eigenvalue weighted by Crippen LogP contribution is 2.33. The van der Waals surface area contributed by atoms with Crippen molar-refractivity contribution in [2.24, 2.45) is 0 Å². The van der Waals surface area contributed by atoms with Crippen LogP contribution in [-0.4, -0.2) is 17.4 Å². The quantitative estimate of drug-likeness (QED) is 0.0497. The van der Waals surface area contributed by atoms with Gasteiger partial charge in [-0.1, -0.05) is 175 Å². The molecule has 0 saturated heterocycles. The van der Waals surface area contributed by atoms with Gasteiger partial charge in [0, 0.05) is 30.2 Å². The monoisotopic (exact) mass is 956 g/mol. The first-order valence-electron chi connectivity index (χ1n) is 23.3. The third-order valence-electron chi connectivity index (χ3n) is 10.9. The minimum atomic E-state index is -1.71. The van der Waals surface area contributed by atoms with Gasteiger partial charge in [-0.15, -0.1) is 22.7 Å². The van der Waals surface area contributed by atoms with Crippen molar-refractivity contribution in [3.8, 4) is 37.8 Å². The van der Waals surface area contributed by atoms with Gasteiger partial charge in [-0.25, -0.2) is 8.78 Å². The van der Waals surface area contributed by atoms with E-state index in [9.17, 15) is 8.78 Å². The summed E-state index contributed by atoms with van der Waals surface area (Å²) in [4.78, 5) is 3.80. The van der Waals surface area contributed by atoms with Gasteiger partial charge in [-0.3, -0.25) is 0 Å². The second-order valence-electron chi connectivity index (χ2n) is 16.2. The van der Waals surface area contributed by atoms with Crippen LogP contribution in [0.5, 0.6) is 5.06 Å². The lowest BCUT2D eigenvalue weighted by molar-refractivity contribution is 0.291. The summed E-state index contributed by atoms with van der Waals surface area (Å²) in [6.07, 6.45) is 21.9. The number of aryl methyl sites for hydroxylation is 4. The lowest BCUT2D eigenvalue weighted by atomic mass is 9.99. The van der Waals surface area contributed by atoms with Crippen LogP contribution in [0, 0.1) is 11.6 Å². The van der Waals surface area contributed by atoms with E-state index in [1.807, 2.05) is 36.4 Å². The summed E-state index contributed by atoms with van der Waals surface area (Å²) >= 11 is 6.55. The standard InChI is InChI=1S/C27H33FS.C17H18BrF.C10H17BO3S/c1-3-5-7-9-11-24-17-19-27(29-24)23-16-18-25(26(28)20-23)22-14-12-21(13-15-22)10-8-6-4-2;1-2-3-4-5-13-6-8-14(9-7-13)16-11-10-15(18)12-17(16)19;1-2-3-4-5-6-9-7-8-10(15-9)14-11(12)13/h12-20H,3-11H2,1-2H3;6-12H,2-5H2,1H3;7-8,12-13H,2-6H2,1H3. The molecular formula is C54H68BBrF2O3S2. The Hall–Kier alpha value is -3.60. The number of halogens is 3. The fraction of sp³-hybridized carbons (Fsp3) is 0.407. The van der Waals surface area contributed by atoms with E-state index in [1.54, 1.807) is 23.5 Å². The van der Waals surface area contributed by atoms with E-state index in [4.69, 9.17) is 14.7 Å². The largest absolute Gasteiger partial charge is 0.708 e. The molecule has 2 heterocycles. The van der Waals surface area contributed by atoms with E-state index in [-0.39, 0.29) is 11.6 Å². The molecule has 0 unspecified atom stereocenters. The number of hydrogen-bond acceptors (Lipinski definition) is 5. The molecule has 6 rings (SSSR count). The molecule has 0 fully saturated rings. The van der Waals surface area contributed by atoms with Crippen LogP contribution in [0.1, 0.15) is 138 Å². The summed E-state index contributed by atoms with van der Waals surface area (Å²) in [6.45, 7) is 8.86. The topological polar surface area (TPSA) is 49.7 Å². The van der Waals surface area contributed by atoms with Crippen molar-refractivity contribution in [3.05, 3.63) is 146 Å². The Kier molecular flexibility index (Phi) is 24.6. The molecule has 0 amide bonds. The average molecular weight is 958 g/mol. The molecule has 4 aromatic carbocycles. The molecule has 3 nitrogen and oxygen atoms in total. The molecule has 0 atom stereocenters. The number of hydrogen-bond donors (Lipinski definition) is 2. The molecule has 0 bridgehead atoms. The van der Waals surface area contributed by atoms with Gasteiger partial charge in [0.1, 0.15) is 11.6 Å². The molecular weight excluding hydrogens is 889 g/mol. The summed E-state index contributed by atoms with van der Waals surface area (Å²) < 4.78 is 34.2. The highest BCUT2D eigenvalue weighted by atomic mass is 79.9. The van der Waals surface area contributed by atoms with Gasteiger partial charge < -0.3 is 14.7 Å². The van der Waals surface area contributed by atoms with Crippen LogP contribution in [-0.2, 0) is 25.7 Å². The number of benzene rings is 4. The average Bonchev–Trinajstić information content (AvgIpc) is 3.95. The fourth-order valence-corrected chi connectivity index (χ4v) is 9.56. The van der Waals surface area contributed by atoms with Crippen LogP contribution in [0.15, 0.2) is 114 Å². The highest BCUT2D eigenvalue weighted by molar-refractivity contribution is 9.10. The van der Waals surface area contributed by atoms with Crippen LogP contribution in [0.4, 0.5) is 8.78 Å². The van der Waals surface area contributed by atoms with E-state index in [0.29, 0.717) is 16.2 Å². The maximum absolute atomic E-state index is 14.9. The molecule has 0 aliphatic heterocycles. The van der Waals surface area contributed by atoms with Crippen molar-refractivity contribution >= 4 is 45.9 Å². The van der Waals surface area contributed by atoms with Crippen LogP contribution < -0.4 is 4.65 Å². The highest BCUT2D eigenvalue weighted by Gasteiger charge is 2.13. The summed E-state index contributed by atoms with van der Waals surface area (Å²) in [5.74, 6) is -0.327. The molecule has 0 saturated carbocycles. The van der Waals surface area contributed by atoms with E-state index in [0.717, 1.165) is 51.7 Å². The molecule has 2 aromatic heterocycles. The Bertz CT molecular complexity index is 2150. The lowest BCUT2D eigenvalue weighted by Crippen LogP contribution is -2.19. The third-order valence-corrected chi connectivity index (χ3v) is 13.6. The van der Waals surface area contributed by atoms with Gasteiger partial charge in [0.05, 0.1) is 0 Å². The van der Waals surface area contributed by atoms with E-state index in [2.05, 4.69) is 98.2 Å². The van der Waals surface area contributed by atoms with Crippen molar-refractivity contribution in [2.75, 3.05) is 0 Å². The number of rotatable bonds is 23. The van der Waals surface area contributed by atoms with Gasteiger partial charge >= 0.3 is 7.32 Å². The fourth-order valence-electron chi connectivity index (χ4n) is 7.27. The Balaban J connectivity index is 0.000000222. The maximum atomic E-state index is 14.9. The summed E-state index contributed by atoms with van der Waals surface area (Å²) in [5, 5.41) is 17.8. The van der Waals surface area contributed by atoms with Gasteiger partial charge in [0.2, 0.25) is 0 Å². The Morgan fingerprint density at radius 2 is 0.921 bits per heavy atom. The normalized spacial score (nSPS) is 10.8. The first-order valence-corrected chi connectivity index (χ1v) is 25.7. The van der Waals surface area contributed by atoms with E-state index < -0.39 is 7.32 Å². The Morgan fingerprint density at radius 3 is 1.41 bits per heavy atom. The zero-order valence-corrected chi connectivity index (χ0v) is 41.2. The van der Waals surface area contributed by atoms with Crippen LogP contribution in [0.25, 0.3) is 32.7 Å². The molecule has 0 aliphatic rings. The van der Waals surface area contributed by atoms with Gasteiger partial charge in [0.25, 0.3) is 0 Å². The number of thiophene rings is 2. The molecule has 6 aromatic rings. The van der Waals surface area contributed by atoms with E-state index in [1.165, 1.54) is 128 Å².